The van der Waals surface area contributed by atoms with E-state index < -0.39 is 0 Å². The van der Waals surface area contributed by atoms with Crippen LogP contribution in [0.25, 0.3) is 27.5 Å². The second-order valence-electron chi connectivity index (χ2n) is 9.89. The molecule has 0 N–H and O–H groups in total. The highest BCUT2D eigenvalue weighted by Gasteiger charge is 2.35. The summed E-state index contributed by atoms with van der Waals surface area (Å²) in [7, 11) is 0. The van der Waals surface area contributed by atoms with Crippen LogP contribution in [0.5, 0.6) is 0 Å². The summed E-state index contributed by atoms with van der Waals surface area (Å²) in [5, 5.41) is 2.59. The largest absolute Gasteiger partial charge is 0.310 e. The lowest BCUT2D eigenvalue weighted by Gasteiger charge is -2.36. The quantitative estimate of drug-likeness (QED) is 0.261. The number of para-hydroxylation sites is 4. The molecular formula is C33H26N2. The molecule has 2 nitrogen and oxygen atoms in total. The van der Waals surface area contributed by atoms with Crippen LogP contribution < -0.4 is 4.90 Å². The second-order valence-corrected chi connectivity index (χ2v) is 9.89. The van der Waals surface area contributed by atoms with Crippen molar-refractivity contribution < 1.29 is 0 Å². The molecule has 0 fully saturated rings. The third-order valence-corrected chi connectivity index (χ3v) is 7.53. The third kappa shape index (κ3) is 2.83. The first kappa shape index (κ1) is 20.1. The van der Waals surface area contributed by atoms with Gasteiger partial charge in [0.15, 0.2) is 0 Å². The van der Waals surface area contributed by atoms with Crippen molar-refractivity contribution in [2.75, 3.05) is 4.90 Å². The fraction of sp³-hybridized carbons (Fsp3) is 0.0909. The first-order chi connectivity index (χ1) is 17.1. The van der Waals surface area contributed by atoms with E-state index in [-0.39, 0.29) is 5.41 Å². The lowest BCUT2D eigenvalue weighted by molar-refractivity contribution is 0.630. The Hall–Kier alpha value is -4.30. The number of hydrogen-bond acceptors (Lipinski definition) is 1. The number of nitrogens with zero attached hydrogens (tertiary/aromatic N) is 2. The topological polar surface area (TPSA) is 8.17 Å². The summed E-state index contributed by atoms with van der Waals surface area (Å²) in [6.07, 6.45) is 0. The predicted molar refractivity (Wildman–Crippen MR) is 148 cm³/mol. The highest BCUT2D eigenvalue weighted by molar-refractivity contribution is 6.13. The van der Waals surface area contributed by atoms with E-state index in [1.165, 1.54) is 44.3 Å². The minimum atomic E-state index is -0.131. The summed E-state index contributed by atoms with van der Waals surface area (Å²) in [4.78, 5) is 2.37. The van der Waals surface area contributed by atoms with E-state index in [1.54, 1.807) is 0 Å². The Morgan fingerprint density at radius 1 is 0.543 bits per heavy atom. The zero-order valence-electron chi connectivity index (χ0n) is 19.9. The summed E-state index contributed by atoms with van der Waals surface area (Å²) in [5.41, 5.74) is 9.94. The van der Waals surface area contributed by atoms with Crippen molar-refractivity contribution in [3.63, 3.8) is 0 Å². The maximum absolute atomic E-state index is 2.47. The zero-order chi connectivity index (χ0) is 23.6. The van der Waals surface area contributed by atoms with Crippen molar-refractivity contribution >= 4 is 38.9 Å². The average molecular weight is 451 g/mol. The smallest absolute Gasteiger partial charge is 0.0583 e. The molecule has 0 aliphatic carbocycles. The van der Waals surface area contributed by atoms with E-state index in [9.17, 15) is 0 Å². The van der Waals surface area contributed by atoms with Crippen LogP contribution >= 0.6 is 0 Å². The normalized spacial score (nSPS) is 13.7. The molecule has 35 heavy (non-hydrogen) atoms. The highest BCUT2D eigenvalue weighted by atomic mass is 15.1. The molecule has 1 aliphatic rings. The molecule has 0 unspecified atom stereocenters. The monoisotopic (exact) mass is 450 g/mol. The Labute approximate surface area is 205 Å². The lowest BCUT2D eigenvalue weighted by Crippen LogP contribution is -2.26. The van der Waals surface area contributed by atoms with Crippen LogP contribution in [-0.2, 0) is 5.41 Å². The number of anilines is 3. The van der Waals surface area contributed by atoms with Gasteiger partial charge < -0.3 is 9.47 Å². The molecule has 0 atom stereocenters. The molecule has 0 radical (unpaired) electrons. The van der Waals surface area contributed by atoms with Gasteiger partial charge >= 0.3 is 0 Å². The molecule has 0 saturated heterocycles. The number of fused-ring (bicyclic) bond motifs is 5. The molecule has 168 valence electrons. The van der Waals surface area contributed by atoms with Crippen LogP contribution in [0.3, 0.4) is 0 Å². The fourth-order valence-corrected chi connectivity index (χ4v) is 5.88. The molecule has 2 heterocycles. The van der Waals surface area contributed by atoms with E-state index in [0.29, 0.717) is 0 Å². The molecule has 0 amide bonds. The first-order valence-electron chi connectivity index (χ1n) is 12.2. The van der Waals surface area contributed by atoms with Crippen LogP contribution in [0.4, 0.5) is 17.1 Å². The third-order valence-electron chi connectivity index (χ3n) is 7.53. The van der Waals surface area contributed by atoms with Gasteiger partial charge in [0.2, 0.25) is 0 Å². The predicted octanol–water partition coefficient (Wildman–Crippen LogP) is 8.89. The standard InChI is InChI=1S/C33H26N2/c1-33(2)28-18-10-12-20-31(28)35-30-19-11-9-17-26(30)27-21-25(22-29(33)32(27)35)34(23-13-5-3-6-14-23)24-15-7-4-8-16-24/h3-22H,1-2H3. The SMILES string of the molecule is CC1(C)c2ccccc2-n2c3ccccc3c3cc(N(c4ccccc4)c4ccccc4)cc1c32. The van der Waals surface area contributed by atoms with Crippen LogP contribution in [0.15, 0.2) is 121 Å². The highest BCUT2D eigenvalue weighted by Crippen LogP contribution is 2.50. The van der Waals surface area contributed by atoms with E-state index in [1.807, 2.05) is 0 Å². The summed E-state index contributed by atoms with van der Waals surface area (Å²) in [6.45, 7) is 4.72. The summed E-state index contributed by atoms with van der Waals surface area (Å²) in [6, 6.07) is 43.8. The van der Waals surface area contributed by atoms with Crippen LogP contribution in [-0.4, -0.2) is 4.57 Å². The lowest BCUT2D eigenvalue weighted by atomic mass is 9.74. The molecule has 0 spiro atoms. The zero-order valence-corrected chi connectivity index (χ0v) is 19.9. The minimum Gasteiger partial charge on any atom is -0.310 e. The van der Waals surface area contributed by atoms with Crippen molar-refractivity contribution in [1.29, 1.82) is 0 Å². The second kappa shape index (κ2) is 7.35. The summed E-state index contributed by atoms with van der Waals surface area (Å²) >= 11 is 0. The molecule has 0 saturated carbocycles. The molecule has 2 heteroatoms. The molecule has 1 aromatic heterocycles. The Kier molecular flexibility index (Phi) is 4.22. The Bertz CT molecular complexity index is 1670. The molecule has 6 aromatic rings. The minimum absolute atomic E-state index is 0.131. The van der Waals surface area contributed by atoms with E-state index in [2.05, 4.69) is 145 Å². The number of hydrogen-bond donors (Lipinski definition) is 0. The van der Waals surface area contributed by atoms with Gasteiger partial charge in [-0.05, 0) is 59.7 Å². The van der Waals surface area contributed by atoms with Crippen molar-refractivity contribution in [3.05, 3.63) is 132 Å². The number of benzene rings is 5. The average Bonchev–Trinajstić information content (AvgIpc) is 3.24. The number of aromatic nitrogens is 1. The van der Waals surface area contributed by atoms with Crippen molar-refractivity contribution in [1.82, 2.24) is 4.57 Å². The Morgan fingerprint density at radius 2 is 1.14 bits per heavy atom. The molecule has 1 aliphatic heterocycles. The van der Waals surface area contributed by atoms with Crippen LogP contribution in [0.2, 0.25) is 0 Å². The van der Waals surface area contributed by atoms with Crippen molar-refractivity contribution in [2.45, 2.75) is 19.3 Å². The molecule has 7 rings (SSSR count). The molecule has 0 bridgehead atoms. The van der Waals surface area contributed by atoms with Gasteiger partial charge in [0.25, 0.3) is 0 Å². The van der Waals surface area contributed by atoms with Crippen molar-refractivity contribution in [2.24, 2.45) is 0 Å². The Morgan fingerprint density at radius 3 is 1.86 bits per heavy atom. The van der Waals surface area contributed by atoms with Crippen LogP contribution in [0.1, 0.15) is 25.0 Å². The van der Waals surface area contributed by atoms with E-state index in [4.69, 9.17) is 0 Å². The van der Waals surface area contributed by atoms with E-state index in [0.717, 1.165) is 11.4 Å². The van der Waals surface area contributed by atoms with Gasteiger partial charge in [0.05, 0.1) is 16.7 Å². The Balaban J connectivity index is 1.62. The summed E-state index contributed by atoms with van der Waals surface area (Å²) in [5.74, 6) is 0. The summed E-state index contributed by atoms with van der Waals surface area (Å²) < 4.78 is 2.47. The van der Waals surface area contributed by atoms with Gasteiger partial charge in [0.1, 0.15) is 0 Å². The molecular weight excluding hydrogens is 424 g/mol. The maximum Gasteiger partial charge on any atom is 0.0583 e. The van der Waals surface area contributed by atoms with Crippen molar-refractivity contribution in [3.8, 4) is 5.69 Å². The van der Waals surface area contributed by atoms with Gasteiger partial charge in [0, 0.05) is 33.2 Å². The van der Waals surface area contributed by atoms with Gasteiger partial charge in [-0.1, -0.05) is 86.6 Å². The first-order valence-corrected chi connectivity index (χ1v) is 12.2. The van der Waals surface area contributed by atoms with Crippen LogP contribution in [0, 0.1) is 0 Å². The van der Waals surface area contributed by atoms with E-state index >= 15 is 0 Å². The number of rotatable bonds is 3. The van der Waals surface area contributed by atoms with Gasteiger partial charge in [-0.3, -0.25) is 0 Å². The molecule has 5 aromatic carbocycles. The van der Waals surface area contributed by atoms with Gasteiger partial charge in [-0.25, -0.2) is 0 Å². The maximum atomic E-state index is 2.47. The van der Waals surface area contributed by atoms with Gasteiger partial charge in [-0.15, -0.1) is 0 Å². The van der Waals surface area contributed by atoms with Gasteiger partial charge in [-0.2, -0.15) is 0 Å². The fourth-order valence-electron chi connectivity index (χ4n) is 5.88.